The normalized spacial score (nSPS) is 12.6. The van der Waals surface area contributed by atoms with E-state index in [0.29, 0.717) is 5.95 Å². The van der Waals surface area contributed by atoms with Gasteiger partial charge in [0.2, 0.25) is 5.95 Å². The minimum Gasteiger partial charge on any atom is -0.278 e. The quantitative estimate of drug-likeness (QED) is 0.194. The van der Waals surface area contributed by atoms with Gasteiger partial charge in [-0.1, -0.05) is 103 Å². The van der Waals surface area contributed by atoms with Gasteiger partial charge in [0.1, 0.15) is 0 Å². The van der Waals surface area contributed by atoms with Crippen molar-refractivity contribution in [1.82, 2.24) is 14.5 Å². The van der Waals surface area contributed by atoms with E-state index in [1.54, 1.807) is 0 Å². The van der Waals surface area contributed by atoms with Crippen molar-refractivity contribution < 1.29 is 0 Å². The smallest absolute Gasteiger partial charge is 0.235 e. The molecule has 3 nitrogen and oxygen atoms in total. The number of fused-ring (bicyclic) bond motifs is 13. The van der Waals surface area contributed by atoms with Crippen LogP contribution in [0.15, 0.2) is 140 Å². The minimum atomic E-state index is 0.694. The van der Waals surface area contributed by atoms with Crippen LogP contribution in [0.5, 0.6) is 0 Å². The highest BCUT2D eigenvalue weighted by molar-refractivity contribution is 7.26. The van der Waals surface area contributed by atoms with Crippen molar-refractivity contribution in [2.24, 2.45) is 0 Å². The highest BCUT2D eigenvalue weighted by Gasteiger charge is 2.25. The average molecular weight is 616 g/mol. The number of rotatable bonds is 2. The summed E-state index contributed by atoms with van der Waals surface area (Å²) in [6.45, 7) is 0. The second-order valence-electron chi connectivity index (χ2n) is 12.5. The zero-order valence-corrected chi connectivity index (χ0v) is 26.1. The fourth-order valence-electron chi connectivity index (χ4n) is 7.96. The third-order valence-corrected chi connectivity index (χ3v) is 11.1. The average Bonchev–Trinajstić information content (AvgIpc) is 3.79. The summed E-state index contributed by atoms with van der Waals surface area (Å²) in [6, 6.07) is 50.5. The third-order valence-electron chi connectivity index (χ3n) is 10.0. The first-order valence-electron chi connectivity index (χ1n) is 16.0. The van der Waals surface area contributed by atoms with Crippen LogP contribution in [0.1, 0.15) is 11.1 Å². The number of nitrogens with zero attached hydrogens (tertiary/aromatic N) is 3. The van der Waals surface area contributed by atoms with Crippen LogP contribution in [-0.4, -0.2) is 14.5 Å². The maximum atomic E-state index is 5.38. The van der Waals surface area contributed by atoms with Crippen LogP contribution in [0.2, 0.25) is 0 Å². The number of aromatic nitrogens is 3. The molecule has 218 valence electrons. The Kier molecular flexibility index (Phi) is 5.05. The van der Waals surface area contributed by atoms with Crippen molar-refractivity contribution in [2.45, 2.75) is 6.42 Å². The van der Waals surface area contributed by atoms with Crippen LogP contribution in [-0.2, 0) is 6.42 Å². The summed E-state index contributed by atoms with van der Waals surface area (Å²) in [5.74, 6) is 0.694. The van der Waals surface area contributed by atoms with Gasteiger partial charge in [-0.25, -0.2) is 9.97 Å². The van der Waals surface area contributed by atoms with Crippen molar-refractivity contribution in [1.29, 1.82) is 0 Å². The van der Waals surface area contributed by atoms with E-state index in [9.17, 15) is 0 Å². The summed E-state index contributed by atoms with van der Waals surface area (Å²) in [6.07, 6.45) is 0.928. The molecule has 10 aromatic rings. The molecule has 11 rings (SSSR count). The molecule has 0 radical (unpaired) electrons. The van der Waals surface area contributed by atoms with Crippen molar-refractivity contribution in [2.75, 3.05) is 0 Å². The first kappa shape index (κ1) is 25.4. The SMILES string of the molecule is c1ccc(-c2nc(-n3c4cc5c(cc4c4c6c(ccc7sc8ccccc8c76)ccc43)-c3ccccc3C5)nc3ccccc23)cc1. The summed E-state index contributed by atoms with van der Waals surface area (Å²) < 4.78 is 4.95. The van der Waals surface area contributed by atoms with E-state index < -0.39 is 0 Å². The van der Waals surface area contributed by atoms with Crippen LogP contribution < -0.4 is 0 Å². The van der Waals surface area contributed by atoms with Gasteiger partial charge in [0.05, 0.1) is 22.2 Å². The van der Waals surface area contributed by atoms with E-state index >= 15 is 0 Å². The Morgan fingerprint density at radius 3 is 2.23 bits per heavy atom. The molecule has 0 saturated carbocycles. The zero-order chi connectivity index (χ0) is 30.6. The maximum absolute atomic E-state index is 5.38. The van der Waals surface area contributed by atoms with E-state index in [1.165, 1.54) is 64.0 Å². The molecule has 0 unspecified atom stereocenters. The molecule has 4 heteroatoms. The fourth-order valence-corrected chi connectivity index (χ4v) is 9.08. The lowest BCUT2D eigenvalue weighted by Gasteiger charge is -2.12. The summed E-state index contributed by atoms with van der Waals surface area (Å²) in [5.41, 5.74) is 10.6. The molecule has 7 aromatic carbocycles. The van der Waals surface area contributed by atoms with Crippen molar-refractivity contribution in [3.05, 3.63) is 151 Å². The summed E-state index contributed by atoms with van der Waals surface area (Å²) in [5, 5.41) is 8.74. The Bertz CT molecular complexity index is 2930. The number of hydrogen-bond acceptors (Lipinski definition) is 3. The van der Waals surface area contributed by atoms with Crippen LogP contribution in [0.3, 0.4) is 0 Å². The molecule has 1 aliphatic rings. The topological polar surface area (TPSA) is 30.7 Å². The van der Waals surface area contributed by atoms with Crippen LogP contribution >= 0.6 is 11.3 Å². The molecule has 0 saturated heterocycles. The van der Waals surface area contributed by atoms with E-state index in [-0.39, 0.29) is 0 Å². The molecule has 1 aliphatic carbocycles. The number of hydrogen-bond donors (Lipinski definition) is 0. The molecular weight excluding hydrogens is 591 g/mol. The van der Waals surface area contributed by atoms with Gasteiger partial charge in [-0.15, -0.1) is 11.3 Å². The van der Waals surface area contributed by atoms with Crippen LogP contribution in [0, 0.1) is 0 Å². The van der Waals surface area contributed by atoms with Crippen LogP contribution in [0.4, 0.5) is 0 Å². The minimum absolute atomic E-state index is 0.694. The van der Waals surface area contributed by atoms with E-state index in [2.05, 4.69) is 144 Å². The van der Waals surface area contributed by atoms with Crippen molar-refractivity contribution in [3.63, 3.8) is 0 Å². The Hall–Kier alpha value is -5.84. The van der Waals surface area contributed by atoms with Gasteiger partial charge in [-0.3, -0.25) is 4.57 Å². The van der Waals surface area contributed by atoms with Gasteiger partial charge in [0.15, 0.2) is 0 Å². The molecule has 0 aliphatic heterocycles. The second-order valence-corrected chi connectivity index (χ2v) is 13.6. The lowest BCUT2D eigenvalue weighted by Crippen LogP contribution is -2.03. The number of benzene rings is 7. The van der Waals surface area contributed by atoms with Gasteiger partial charge in [-0.05, 0) is 70.5 Å². The molecule has 3 aromatic heterocycles. The van der Waals surface area contributed by atoms with Gasteiger partial charge in [0, 0.05) is 47.3 Å². The predicted molar refractivity (Wildman–Crippen MR) is 198 cm³/mol. The summed E-state index contributed by atoms with van der Waals surface area (Å²) in [4.78, 5) is 10.7. The summed E-state index contributed by atoms with van der Waals surface area (Å²) >= 11 is 1.87. The van der Waals surface area contributed by atoms with Crippen LogP contribution in [0.25, 0.3) is 92.0 Å². The second kappa shape index (κ2) is 9.35. The molecule has 0 fully saturated rings. The lowest BCUT2D eigenvalue weighted by molar-refractivity contribution is 1.01. The Morgan fingerprint density at radius 2 is 1.30 bits per heavy atom. The molecule has 47 heavy (non-hydrogen) atoms. The van der Waals surface area contributed by atoms with E-state index in [0.717, 1.165) is 39.6 Å². The maximum Gasteiger partial charge on any atom is 0.235 e. The summed E-state index contributed by atoms with van der Waals surface area (Å²) in [7, 11) is 0. The Labute approximate surface area is 274 Å². The zero-order valence-electron chi connectivity index (χ0n) is 25.2. The molecule has 0 N–H and O–H groups in total. The third kappa shape index (κ3) is 3.51. The van der Waals surface area contributed by atoms with E-state index in [1.807, 2.05) is 11.3 Å². The van der Waals surface area contributed by atoms with Crippen molar-refractivity contribution >= 4 is 75.0 Å². The highest BCUT2D eigenvalue weighted by atomic mass is 32.1. The molecule has 0 spiro atoms. The molecule has 0 amide bonds. The first-order valence-corrected chi connectivity index (χ1v) is 16.9. The molecular formula is C43H25N3S. The highest BCUT2D eigenvalue weighted by Crippen LogP contribution is 2.47. The van der Waals surface area contributed by atoms with Crippen molar-refractivity contribution in [3.8, 4) is 28.3 Å². The standard InChI is InChI=1S/C43H25N3S/c1-2-10-26(11-3-1)42-30-14-6-8-16-34(30)44-43(45-42)46-35-20-18-25-19-21-38-41(31-15-7-9-17-37(31)47-38)39(25)40(35)33-24-32-28(23-36(33)46)22-27-12-4-5-13-29(27)32/h1-21,23-24H,22H2. The van der Waals surface area contributed by atoms with Gasteiger partial charge in [-0.2, -0.15) is 0 Å². The molecule has 0 atom stereocenters. The predicted octanol–water partition coefficient (Wildman–Crippen LogP) is 11.5. The monoisotopic (exact) mass is 615 g/mol. The Balaban J connectivity index is 1.34. The molecule has 3 heterocycles. The molecule has 0 bridgehead atoms. The fraction of sp³-hybridized carbons (Fsp3) is 0.0233. The van der Waals surface area contributed by atoms with Gasteiger partial charge < -0.3 is 0 Å². The number of para-hydroxylation sites is 1. The largest absolute Gasteiger partial charge is 0.278 e. The lowest BCUT2D eigenvalue weighted by atomic mass is 9.97. The Morgan fingerprint density at radius 1 is 0.511 bits per heavy atom. The van der Waals surface area contributed by atoms with E-state index in [4.69, 9.17) is 9.97 Å². The number of thiophene rings is 1. The van der Waals surface area contributed by atoms with Gasteiger partial charge >= 0.3 is 0 Å². The van der Waals surface area contributed by atoms with Gasteiger partial charge in [0.25, 0.3) is 0 Å². The first-order chi connectivity index (χ1) is 23.3.